The highest BCUT2D eigenvalue weighted by Gasteiger charge is 2.17. The summed E-state index contributed by atoms with van der Waals surface area (Å²) in [7, 11) is 1.75. The minimum atomic E-state index is -0.333. The zero-order valence-electron chi connectivity index (χ0n) is 18.3. The van der Waals surface area contributed by atoms with Crippen LogP contribution in [0.2, 0.25) is 0 Å². The Morgan fingerprint density at radius 1 is 1.16 bits per heavy atom. The van der Waals surface area contributed by atoms with E-state index < -0.39 is 0 Å². The molecule has 1 aliphatic rings. The first-order valence-corrected chi connectivity index (χ1v) is 10.7. The van der Waals surface area contributed by atoms with Crippen molar-refractivity contribution in [3.63, 3.8) is 0 Å². The lowest BCUT2D eigenvalue weighted by Crippen LogP contribution is -2.48. The van der Waals surface area contributed by atoms with Crippen molar-refractivity contribution in [1.29, 1.82) is 0 Å². The number of hydrogen-bond donors (Lipinski definition) is 1. The molecule has 0 spiro atoms. The van der Waals surface area contributed by atoms with Gasteiger partial charge in [-0.1, -0.05) is 12.1 Å². The molecule has 1 amide bonds. The van der Waals surface area contributed by atoms with E-state index in [2.05, 4.69) is 34.3 Å². The molecule has 1 saturated heterocycles. The fourth-order valence-corrected chi connectivity index (χ4v) is 3.74. The highest BCUT2D eigenvalue weighted by Crippen LogP contribution is 2.21. The number of hydrogen-bond acceptors (Lipinski definition) is 5. The topological polar surface area (TPSA) is 57.7 Å². The van der Waals surface area contributed by atoms with E-state index in [4.69, 9.17) is 4.74 Å². The summed E-state index contributed by atoms with van der Waals surface area (Å²) in [4.78, 5) is 21.1. The summed E-state index contributed by atoms with van der Waals surface area (Å²) >= 11 is 0. The standard InChI is InChI=1S/C25H27FN4O2/c1-18-16-30(14-13-27-18)17-19-3-8-22(9-4-19)29(2)25(31)20-5-12-24(28-15-20)32-23-10-6-21(26)7-11-23/h3-12,15,18,27H,13-14,16-17H2,1-2H3/t18-/m0/s1. The van der Waals surface area contributed by atoms with Crippen molar-refractivity contribution in [1.82, 2.24) is 15.2 Å². The second kappa shape index (κ2) is 9.89. The van der Waals surface area contributed by atoms with Crippen LogP contribution >= 0.6 is 0 Å². The Kier molecular flexibility index (Phi) is 6.78. The number of benzene rings is 2. The van der Waals surface area contributed by atoms with Gasteiger partial charge in [0.1, 0.15) is 11.6 Å². The van der Waals surface area contributed by atoms with Crippen LogP contribution in [0, 0.1) is 5.82 Å². The third-order valence-electron chi connectivity index (χ3n) is 5.51. The second-order valence-electron chi connectivity index (χ2n) is 8.06. The molecule has 2 heterocycles. The van der Waals surface area contributed by atoms with Crippen LogP contribution in [-0.4, -0.2) is 48.5 Å². The maximum absolute atomic E-state index is 13.0. The summed E-state index contributed by atoms with van der Waals surface area (Å²) in [6, 6.07) is 17.6. The van der Waals surface area contributed by atoms with Gasteiger partial charge in [0.25, 0.3) is 5.91 Å². The van der Waals surface area contributed by atoms with E-state index in [1.165, 1.54) is 36.0 Å². The first kappa shape index (κ1) is 21.9. The molecule has 4 rings (SSSR count). The van der Waals surface area contributed by atoms with Crippen LogP contribution in [0.25, 0.3) is 0 Å². The van der Waals surface area contributed by atoms with Crippen LogP contribution in [0.5, 0.6) is 11.6 Å². The Balaban J connectivity index is 1.36. The number of anilines is 1. The predicted molar refractivity (Wildman–Crippen MR) is 123 cm³/mol. The zero-order chi connectivity index (χ0) is 22.5. The monoisotopic (exact) mass is 434 g/mol. The Bertz CT molecular complexity index is 1040. The zero-order valence-corrected chi connectivity index (χ0v) is 18.3. The molecule has 1 aromatic heterocycles. The number of carbonyl (C=O) groups is 1. The molecule has 0 bridgehead atoms. The van der Waals surface area contributed by atoms with Gasteiger partial charge in [0, 0.05) is 57.2 Å². The van der Waals surface area contributed by atoms with Gasteiger partial charge in [-0.2, -0.15) is 0 Å². The third-order valence-corrected chi connectivity index (χ3v) is 5.51. The van der Waals surface area contributed by atoms with Crippen molar-refractivity contribution < 1.29 is 13.9 Å². The SMILES string of the molecule is C[C@H]1CN(Cc2ccc(N(C)C(=O)c3ccc(Oc4ccc(F)cc4)nc3)cc2)CCN1. The van der Waals surface area contributed by atoms with Crippen molar-refractivity contribution in [2.75, 3.05) is 31.6 Å². The number of pyridine rings is 1. The van der Waals surface area contributed by atoms with Crippen LogP contribution in [0.1, 0.15) is 22.8 Å². The first-order valence-electron chi connectivity index (χ1n) is 10.7. The lowest BCUT2D eigenvalue weighted by molar-refractivity contribution is 0.0992. The molecule has 1 fully saturated rings. The normalized spacial score (nSPS) is 16.5. The second-order valence-corrected chi connectivity index (χ2v) is 8.06. The molecule has 3 aromatic rings. The van der Waals surface area contributed by atoms with Gasteiger partial charge in [-0.25, -0.2) is 9.37 Å². The van der Waals surface area contributed by atoms with Crippen molar-refractivity contribution >= 4 is 11.6 Å². The number of amides is 1. The third kappa shape index (κ3) is 5.49. The highest BCUT2D eigenvalue weighted by molar-refractivity contribution is 6.05. The Morgan fingerprint density at radius 2 is 1.91 bits per heavy atom. The van der Waals surface area contributed by atoms with Gasteiger partial charge >= 0.3 is 0 Å². The molecule has 2 aromatic carbocycles. The molecule has 0 unspecified atom stereocenters. The van der Waals surface area contributed by atoms with E-state index in [0.29, 0.717) is 23.2 Å². The van der Waals surface area contributed by atoms with Gasteiger partial charge in [-0.05, 0) is 55.0 Å². The van der Waals surface area contributed by atoms with Crippen LogP contribution in [0.4, 0.5) is 10.1 Å². The number of halogens is 1. The van der Waals surface area contributed by atoms with Gasteiger partial charge in [0.15, 0.2) is 0 Å². The summed E-state index contributed by atoms with van der Waals surface area (Å²) in [5.41, 5.74) is 2.50. The molecular formula is C25H27FN4O2. The van der Waals surface area contributed by atoms with Gasteiger partial charge in [-0.3, -0.25) is 9.69 Å². The molecule has 7 heteroatoms. The average Bonchev–Trinajstić information content (AvgIpc) is 2.81. The van der Waals surface area contributed by atoms with Gasteiger partial charge in [0.05, 0.1) is 5.56 Å². The molecule has 0 aliphatic carbocycles. The van der Waals surface area contributed by atoms with Crippen molar-refractivity contribution in [2.45, 2.75) is 19.5 Å². The molecule has 6 nitrogen and oxygen atoms in total. The van der Waals surface area contributed by atoms with E-state index in [9.17, 15) is 9.18 Å². The quantitative estimate of drug-likeness (QED) is 0.634. The number of aromatic nitrogens is 1. The van der Waals surface area contributed by atoms with E-state index in [-0.39, 0.29) is 11.7 Å². The molecule has 0 radical (unpaired) electrons. The minimum absolute atomic E-state index is 0.158. The van der Waals surface area contributed by atoms with Crippen molar-refractivity contribution in [3.8, 4) is 11.6 Å². The molecule has 1 aliphatic heterocycles. The van der Waals surface area contributed by atoms with Crippen molar-refractivity contribution in [3.05, 3.63) is 83.8 Å². The van der Waals surface area contributed by atoms with E-state index in [1.54, 1.807) is 24.1 Å². The number of carbonyl (C=O) groups excluding carboxylic acids is 1. The minimum Gasteiger partial charge on any atom is -0.439 e. The molecule has 32 heavy (non-hydrogen) atoms. The maximum atomic E-state index is 13.0. The number of ether oxygens (including phenoxy) is 1. The number of nitrogens with zero attached hydrogens (tertiary/aromatic N) is 3. The summed E-state index contributed by atoms with van der Waals surface area (Å²) < 4.78 is 18.6. The Morgan fingerprint density at radius 3 is 2.56 bits per heavy atom. The van der Waals surface area contributed by atoms with E-state index in [0.717, 1.165) is 31.9 Å². The highest BCUT2D eigenvalue weighted by atomic mass is 19.1. The smallest absolute Gasteiger partial charge is 0.259 e. The number of nitrogens with one attached hydrogen (secondary N) is 1. The van der Waals surface area contributed by atoms with Crippen LogP contribution in [0.15, 0.2) is 66.9 Å². The van der Waals surface area contributed by atoms with Crippen LogP contribution in [0.3, 0.4) is 0 Å². The lowest BCUT2D eigenvalue weighted by atomic mass is 10.1. The predicted octanol–water partition coefficient (Wildman–Crippen LogP) is 4.08. The Labute approximate surface area is 187 Å². The lowest BCUT2D eigenvalue weighted by Gasteiger charge is -2.31. The maximum Gasteiger partial charge on any atom is 0.259 e. The molecule has 0 saturated carbocycles. The summed E-state index contributed by atoms with van der Waals surface area (Å²) in [5.74, 6) is 0.322. The van der Waals surface area contributed by atoms with Crippen molar-refractivity contribution in [2.24, 2.45) is 0 Å². The average molecular weight is 435 g/mol. The Hall–Kier alpha value is -3.29. The molecule has 166 valence electrons. The molecular weight excluding hydrogens is 407 g/mol. The van der Waals surface area contributed by atoms with Gasteiger partial charge in [0.2, 0.25) is 5.88 Å². The summed E-state index contributed by atoms with van der Waals surface area (Å²) in [6.45, 7) is 6.19. The van der Waals surface area contributed by atoms with Gasteiger partial charge < -0.3 is 15.0 Å². The van der Waals surface area contributed by atoms with Crippen LogP contribution in [-0.2, 0) is 6.54 Å². The largest absolute Gasteiger partial charge is 0.439 e. The first-order chi connectivity index (χ1) is 15.5. The fourth-order valence-electron chi connectivity index (χ4n) is 3.74. The summed E-state index contributed by atoms with van der Waals surface area (Å²) in [6.07, 6.45) is 1.48. The van der Waals surface area contributed by atoms with Gasteiger partial charge in [-0.15, -0.1) is 0 Å². The summed E-state index contributed by atoms with van der Waals surface area (Å²) in [5, 5.41) is 3.45. The van der Waals surface area contributed by atoms with Crippen LogP contribution < -0.4 is 15.0 Å². The van der Waals surface area contributed by atoms with E-state index in [1.807, 2.05) is 12.1 Å². The number of piperazine rings is 1. The van der Waals surface area contributed by atoms with E-state index >= 15 is 0 Å². The molecule has 1 N–H and O–H groups in total. The number of rotatable bonds is 6. The molecule has 1 atom stereocenters. The fraction of sp³-hybridized carbons (Fsp3) is 0.280.